The average molecular weight is 964 g/mol. The minimum absolute atomic E-state index is 0.0145. The number of aliphatic hydroxyl groups is 5. The van der Waals surface area contributed by atoms with Crippen LogP contribution in [0, 0.1) is 16.7 Å². The molecule has 2 aromatic rings. The van der Waals surface area contributed by atoms with E-state index in [4.69, 9.17) is 33.2 Å². The Balaban J connectivity index is 1.44. The molecule has 0 aromatic heterocycles. The molecule has 5 aliphatic rings. The van der Waals surface area contributed by atoms with Gasteiger partial charge in [-0.05, 0) is 56.5 Å². The summed E-state index contributed by atoms with van der Waals surface area (Å²) in [6.07, 6.45) is -16.3. The maximum absolute atomic E-state index is 16.2. The van der Waals surface area contributed by atoms with Crippen molar-refractivity contribution in [1.29, 1.82) is 0 Å². The fourth-order valence-corrected chi connectivity index (χ4v) is 11.0. The van der Waals surface area contributed by atoms with Crippen molar-refractivity contribution in [2.24, 2.45) is 16.7 Å². The van der Waals surface area contributed by atoms with Crippen molar-refractivity contribution in [3.63, 3.8) is 0 Å². The molecule has 7 rings (SSSR count). The first-order chi connectivity index (χ1) is 32.4. The number of allylic oxidation sites excluding steroid dienone is 1. The highest BCUT2D eigenvalue weighted by Crippen LogP contribution is 2.65. The number of benzene rings is 2. The number of hydrogen-bond donors (Lipinski definition) is 6. The Bertz CT molecular complexity index is 2390. The molecule has 0 spiro atoms. The first-order valence-corrected chi connectivity index (χ1v) is 22.8. The van der Waals surface area contributed by atoms with Gasteiger partial charge >= 0.3 is 23.9 Å². The molecule has 2 saturated carbocycles. The largest absolute Gasteiger partial charge is 0.456 e. The van der Waals surface area contributed by atoms with Gasteiger partial charge in [0, 0.05) is 37.7 Å². The van der Waals surface area contributed by atoms with Crippen LogP contribution in [0.2, 0.25) is 0 Å². The van der Waals surface area contributed by atoms with Gasteiger partial charge in [0.05, 0.1) is 42.3 Å². The second-order valence-electron chi connectivity index (χ2n) is 19.3. The van der Waals surface area contributed by atoms with Gasteiger partial charge in [0.25, 0.3) is 0 Å². The summed E-state index contributed by atoms with van der Waals surface area (Å²) in [5, 5.41) is 60.6. The van der Waals surface area contributed by atoms with Crippen LogP contribution in [0.15, 0.2) is 83.5 Å². The number of Topliss-reactive ketones (excluding diaryl/α,β-unsaturated/α-hetero) is 1. The van der Waals surface area contributed by atoms with Gasteiger partial charge in [0.15, 0.2) is 29.9 Å². The summed E-state index contributed by atoms with van der Waals surface area (Å²) >= 11 is 0. The summed E-state index contributed by atoms with van der Waals surface area (Å²) < 4.78 is 43.0. The standard InChI is InChI=1S/C50H61NO18/c1-9-24(2)43(59)51-35(28-16-12-10-13-17-28)37(56)45(61)66-31-21-50(62)42(68-44(60)29-18-14-11-15-19-29)40-48(8,41(58)39(65-26(4)52)34(25(31)3)47(50,6)7)32(20-33-49(40,23-64-33)69-27(5)53)67-46-38(57)36(55)30(54)22-63-46/h9-19,30-33,35-40,42,46,54-57,62H,20-23H2,1-8H3,(H,51,59)/b24-9+. The van der Waals surface area contributed by atoms with Gasteiger partial charge in [0.2, 0.25) is 5.91 Å². The molecule has 3 aliphatic carbocycles. The van der Waals surface area contributed by atoms with Crippen molar-refractivity contribution in [2.45, 2.75) is 147 Å². The van der Waals surface area contributed by atoms with Gasteiger partial charge in [-0.2, -0.15) is 0 Å². The quantitative estimate of drug-likeness (QED) is 0.0766. The highest BCUT2D eigenvalue weighted by molar-refractivity contribution is 5.96. The van der Waals surface area contributed by atoms with Crippen molar-refractivity contribution in [3.05, 3.63) is 94.6 Å². The zero-order chi connectivity index (χ0) is 50.5. The number of hydrogen-bond acceptors (Lipinski definition) is 18. The Kier molecular flexibility index (Phi) is 14.5. The monoisotopic (exact) mass is 963 g/mol. The third-order valence-electron chi connectivity index (χ3n) is 15.0. The third kappa shape index (κ3) is 8.92. The Morgan fingerprint density at radius 1 is 0.870 bits per heavy atom. The second kappa shape index (κ2) is 19.4. The summed E-state index contributed by atoms with van der Waals surface area (Å²) in [6.45, 7) is 10.4. The lowest BCUT2D eigenvalue weighted by Gasteiger charge is -2.68. The lowest BCUT2D eigenvalue weighted by atomic mass is 9.44. The smallest absolute Gasteiger partial charge is 0.338 e. The molecule has 19 nitrogen and oxygen atoms in total. The summed E-state index contributed by atoms with van der Waals surface area (Å²) in [7, 11) is 0. The van der Waals surface area contributed by atoms with Gasteiger partial charge in [0.1, 0.15) is 42.2 Å². The molecule has 2 aliphatic heterocycles. The van der Waals surface area contributed by atoms with E-state index in [0.717, 1.165) is 13.8 Å². The van der Waals surface area contributed by atoms with Gasteiger partial charge in [-0.1, -0.05) is 68.5 Å². The van der Waals surface area contributed by atoms with E-state index in [1.54, 1.807) is 68.5 Å². The van der Waals surface area contributed by atoms with E-state index >= 15 is 4.79 Å². The van der Waals surface area contributed by atoms with Gasteiger partial charge in [-0.3, -0.25) is 19.2 Å². The van der Waals surface area contributed by atoms with Crippen molar-refractivity contribution in [1.82, 2.24) is 5.32 Å². The second-order valence-corrected chi connectivity index (χ2v) is 19.3. The molecule has 0 radical (unpaired) electrons. The number of carbonyl (C=O) groups is 6. The first-order valence-electron chi connectivity index (χ1n) is 22.8. The Morgan fingerprint density at radius 3 is 2.09 bits per heavy atom. The predicted molar refractivity (Wildman–Crippen MR) is 238 cm³/mol. The number of esters is 4. The number of amides is 1. The van der Waals surface area contributed by atoms with Crippen molar-refractivity contribution in [3.8, 4) is 0 Å². The van der Waals surface area contributed by atoms with E-state index in [1.165, 1.54) is 39.8 Å². The molecule has 4 fully saturated rings. The van der Waals surface area contributed by atoms with E-state index in [0.29, 0.717) is 5.56 Å². The number of fused-ring (bicyclic) bond motifs is 5. The van der Waals surface area contributed by atoms with Crippen LogP contribution < -0.4 is 5.32 Å². The lowest BCUT2D eigenvalue weighted by Crippen LogP contribution is -2.82. The van der Waals surface area contributed by atoms with E-state index in [-0.39, 0.29) is 28.7 Å². The molecular formula is C50H61NO18. The minimum atomic E-state index is -2.50. The third-order valence-corrected chi connectivity index (χ3v) is 15.0. The summed E-state index contributed by atoms with van der Waals surface area (Å²) in [4.78, 5) is 85.0. The van der Waals surface area contributed by atoms with E-state index in [2.05, 4.69) is 5.32 Å². The maximum Gasteiger partial charge on any atom is 0.338 e. The fraction of sp³-hybridized carbons (Fsp3) is 0.560. The highest BCUT2D eigenvalue weighted by atomic mass is 16.7. The molecule has 69 heavy (non-hydrogen) atoms. The van der Waals surface area contributed by atoms with Crippen LogP contribution in [0.25, 0.3) is 0 Å². The van der Waals surface area contributed by atoms with Crippen LogP contribution >= 0.6 is 0 Å². The maximum atomic E-state index is 16.2. The Hall–Kier alpha value is -5.38. The fourth-order valence-electron chi connectivity index (χ4n) is 11.0. The van der Waals surface area contributed by atoms with Crippen LogP contribution in [-0.2, 0) is 57.1 Å². The van der Waals surface area contributed by atoms with E-state index in [9.17, 15) is 49.5 Å². The minimum Gasteiger partial charge on any atom is -0.456 e. The van der Waals surface area contributed by atoms with Gasteiger partial charge < -0.3 is 64.0 Å². The van der Waals surface area contributed by atoms with E-state index in [1.807, 2.05) is 0 Å². The van der Waals surface area contributed by atoms with Crippen LogP contribution in [0.3, 0.4) is 0 Å². The highest BCUT2D eigenvalue weighted by Gasteiger charge is 2.79. The number of aliphatic hydroxyl groups excluding tert-OH is 4. The van der Waals surface area contributed by atoms with Gasteiger partial charge in [-0.15, -0.1) is 0 Å². The molecular weight excluding hydrogens is 903 g/mol. The lowest BCUT2D eigenvalue weighted by molar-refractivity contribution is -0.366. The molecule has 19 heteroatoms. The van der Waals surface area contributed by atoms with Crippen molar-refractivity contribution in [2.75, 3.05) is 13.2 Å². The van der Waals surface area contributed by atoms with Crippen LogP contribution in [0.1, 0.15) is 90.2 Å². The molecule has 1 amide bonds. The molecule has 6 N–H and O–H groups in total. The van der Waals surface area contributed by atoms with Crippen LogP contribution in [0.5, 0.6) is 0 Å². The van der Waals surface area contributed by atoms with E-state index < -0.39 is 150 Å². The molecule has 2 heterocycles. The number of ketones is 1. The van der Waals surface area contributed by atoms with Gasteiger partial charge in [-0.25, -0.2) is 9.59 Å². The SMILES string of the molecule is C/C=C(\C)C(=O)NC(c1ccccc1)C(O)C(=O)OC1CC2(O)C(OC(=O)c3ccccc3)C3C4(OC(C)=O)COC4CC(OC4OCC(O)C(O)C4O)C3(C)C(=O)C(OC(C)=O)C(=C1C)C2(C)C. The number of carbonyl (C=O) groups excluding carboxylic acids is 6. The molecule has 15 unspecified atom stereocenters. The summed E-state index contributed by atoms with van der Waals surface area (Å²) in [5.74, 6) is -7.25. The van der Waals surface area contributed by atoms with Crippen LogP contribution in [0.4, 0.5) is 0 Å². The average Bonchev–Trinajstić information content (AvgIpc) is 3.30. The predicted octanol–water partition coefficient (Wildman–Crippen LogP) is 1.85. The summed E-state index contributed by atoms with van der Waals surface area (Å²) in [6, 6.07) is 14.5. The number of nitrogens with one attached hydrogen (secondary N) is 1. The zero-order valence-electron chi connectivity index (χ0n) is 39.7. The molecule has 2 bridgehead atoms. The Morgan fingerprint density at radius 2 is 1.51 bits per heavy atom. The van der Waals surface area contributed by atoms with Crippen molar-refractivity contribution < 1.29 is 87.5 Å². The summed E-state index contributed by atoms with van der Waals surface area (Å²) in [5.41, 5.74) is -7.65. The van der Waals surface area contributed by atoms with Crippen LogP contribution in [-0.4, -0.2) is 147 Å². The number of rotatable bonds is 12. The van der Waals surface area contributed by atoms with Crippen molar-refractivity contribution >= 4 is 35.6 Å². The Labute approximate surface area is 398 Å². The molecule has 15 atom stereocenters. The number of ether oxygens (including phenoxy) is 7. The zero-order valence-corrected chi connectivity index (χ0v) is 39.7. The molecule has 2 saturated heterocycles. The molecule has 374 valence electrons. The molecule has 2 aromatic carbocycles. The first kappa shape index (κ1) is 51.5. The normalized spacial score (nSPS) is 35.8. The topological polar surface area (TPSA) is 280 Å².